The molecule has 10 nitrogen and oxygen atoms in total. The van der Waals surface area contributed by atoms with E-state index in [2.05, 4.69) is 58.5 Å². The van der Waals surface area contributed by atoms with Gasteiger partial charge in [-0.1, -0.05) is 23.2 Å². The van der Waals surface area contributed by atoms with Gasteiger partial charge in [-0.25, -0.2) is 9.97 Å². The Morgan fingerprint density at radius 3 is 1.95 bits per heavy atom. The van der Waals surface area contributed by atoms with Gasteiger partial charge in [-0.05, 0) is 59.3 Å². The summed E-state index contributed by atoms with van der Waals surface area (Å²) in [6.07, 6.45) is 3.37. The Kier molecular flexibility index (Phi) is 13.1. The van der Waals surface area contributed by atoms with E-state index in [-0.39, 0.29) is 28.0 Å². The van der Waals surface area contributed by atoms with Crippen molar-refractivity contribution in [2.75, 3.05) is 25.1 Å². The Morgan fingerprint density at radius 1 is 0.857 bits per heavy atom. The van der Waals surface area contributed by atoms with Crippen LogP contribution in [0.3, 0.4) is 0 Å². The highest BCUT2D eigenvalue weighted by molar-refractivity contribution is 14.1. The molecule has 0 saturated heterocycles. The average Bonchev–Trinajstić information content (AvgIpc) is 2.95. The van der Waals surface area contributed by atoms with Gasteiger partial charge in [-0.2, -0.15) is 13.2 Å². The maximum atomic E-state index is 13.0. The van der Waals surface area contributed by atoms with Gasteiger partial charge in [0.25, 0.3) is 11.8 Å². The zero-order valence-electron chi connectivity index (χ0n) is 22.2. The summed E-state index contributed by atoms with van der Waals surface area (Å²) in [5.74, 6) is -0.695. The molecule has 0 bridgehead atoms. The second-order valence-corrected chi connectivity index (χ2v) is 9.91. The molecule has 0 aromatic carbocycles. The van der Waals surface area contributed by atoms with Crippen LogP contribution in [0, 0.1) is 10.5 Å². The minimum absolute atomic E-state index is 0.103. The quantitative estimate of drug-likeness (QED) is 0.149. The molecule has 0 aliphatic heterocycles. The molecule has 0 radical (unpaired) electrons. The SMILES string of the molecule is CNC(=O)c1cnccc1N.CNC(=O)c1cnccc1Nc1cc(Cl)ncc1C(F)(F)F.Cc1cnc(Cl)cc1I. The van der Waals surface area contributed by atoms with Crippen molar-refractivity contribution in [3.8, 4) is 0 Å². The number of carbonyl (C=O) groups excluding carboxylic acids is 2. The first-order valence-electron chi connectivity index (χ1n) is 11.6. The highest BCUT2D eigenvalue weighted by Gasteiger charge is 2.34. The number of carbonyl (C=O) groups is 2. The van der Waals surface area contributed by atoms with E-state index < -0.39 is 17.6 Å². The van der Waals surface area contributed by atoms with E-state index >= 15 is 0 Å². The molecule has 0 spiro atoms. The lowest BCUT2D eigenvalue weighted by atomic mass is 10.2. The predicted octanol–water partition coefficient (Wildman–Crippen LogP) is 5.92. The highest BCUT2D eigenvalue weighted by atomic mass is 127. The minimum Gasteiger partial charge on any atom is -0.398 e. The van der Waals surface area contributed by atoms with Crippen LogP contribution >= 0.6 is 45.8 Å². The van der Waals surface area contributed by atoms with Gasteiger partial charge in [0.05, 0.1) is 28.1 Å². The van der Waals surface area contributed by atoms with E-state index in [9.17, 15) is 22.8 Å². The van der Waals surface area contributed by atoms with Crippen molar-refractivity contribution in [1.82, 2.24) is 30.6 Å². The zero-order valence-corrected chi connectivity index (χ0v) is 25.9. The second kappa shape index (κ2) is 16.0. The number of aryl methyl sites for hydroxylation is 1. The molecule has 16 heteroatoms. The van der Waals surface area contributed by atoms with E-state index in [0.29, 0.717) is 22.6 Å². The minimum atomic E-state index is -4.61. The maximum absolute atomic E-state index is 13.0. The number of nitrogens with one attached hydrogen (secondary N) is 3. The Morgan fingerprint density at radius 2 is 1.40 bits per heavy atom. The molecule has 5 N–H and O–H groups in total. The summed E-state index contributed by atoms with van der Waals surface area (Å²) in [5.41, 5.74) is 6.50. The fourth-order valence-electron chi connectivity index (χ4n) is 2.93. The number of nitrogens with zero attached hydrogens (tertiary/aromatic N) is 4. The van der Waals surface area contributed by atoms with Gasteiger partial charge in [-0.15, -0.1) is 0 Å². The average molecular weight is 735 g/mol. The molecule has 0 saturated carbocycles. The first-order chi connectivity index (χ1) is 19.8. The standard InChI is InChI=1S/C13H10ClF3N4O.C7H9N3O.C6H5ClIN/c1-18-12(22)7-5-19-3-2-9(7)21-10-4-11(14)20-6-8(10)13(15,16)17;1-9-7(11)5-4-10-3-2-6(5)8;1-4-3-9-6(7)2-5(4)8/h2-6H,1H3,(H,18,22)(H,19,20,21);2-4H,1H3,(H2,8,10)(H,9,11);2-3H,1H3. The molecule has 4 heterocycles. The van der Waals surface area contributed by atoms with Crippen molar-refractivity contribution >= 4 is 74.7 Å². The molecular weight excluding hydrogens is 711 g/mol. The fraction of sp³-hybridized carbons (Fsp3) is 0.154. The molecule has 2 amide bonds. The third kappa shape index (κ3) is 10.3. The molecule has 0 atom stereocenters. The van der Waals surface area contributed by atoms with Crippen LogP contribution in [-0.4, -0.2) is 45.8 Å². The van der Waals surface area contributed by atoms with Crippen LogP contribution in [0.2, 0.25) is 10.3 Å². The van der Waals surface area contributed by atoms with Crippen LogP contribution in [0.25, 0.3) is 0 Å². The van der Waals surface area contributed by atoms with E-state index in [1.165, 1.54) is 37.3 Å². The molecule has 222 valence electrons. The van der Waals surface area contributed by atoms with Crippen LogP contribution in [0.5, 0.6) is 0 Å². The van der Waals surface area contributed by atoms with Crippen LogP contribution in [0.1, 0.15) is 31.8 Å². The number of amides is 2. The third-order valence-corrected chi connectivity index (χ3v) is 6.64. The number of halogens is 6. The van der Waals surface area contributed by atoms with Crippen LogP contribution in [0.15, 0.2) is 61.4 Å². The Hall–Kier alpha value is -3.76. The smallest absolute Gasteiger partial charge is 0.398 e. The van der Waals surface area contributed by atoms with Crippen molar-refractivity contribution in [3.05, 3.63) is 97.6 Å². The number of rotatable bonds is 4. The lowest BCUT2D eigenvalue weighted by molar-refractivity contribution is -0.137. The summed E-state index contributed by atoms with van der Waals surface area (Å²) in [6.45, 7) is 2.01. The molecule has 0 aliphatic carbocycles. The molecule has 0 aliphatic rings. The lowest BCUT2D eigenvalue weighted by Gasteiger charge is -2.16. The summed E-state index contributed by atoms with van der Waals surface area (Å²) in [7, 11) is 2.96. The topological polar surface area (TPSA) is 148 Å². The van der Waals surface area contributed by atoms with E-state index in [0.717, 1.165) is 9.64 Å². The number of pyridine rings is 4. The summed E-state index contributed by atoms with van der Waals surface area (Å²) in [6, 6.07) is 5.86. The largest absolute Gasteiger partial charge is 0.419 e. The van der Waals surface area contributed by atoms with Crippen molar-refractivity contribution in [3.63, 3.8) is 0 Å². The molecular formula is C26H24Cl2F3IN8O2. The molecule has 0 unspecified atom stereocenters. The molecule has 0 fully saturated rings. The second-order valence-electron chi connectivity index (χ2n) is 7.97. The zero-order chi connectivity index (χ0) is 31.4. The lowest BCUT2D eigenvalue weighted by Crippen LogP contribution is -2.19. The van der Waals surface area contributed by atoms with Crippen molar-refractivity contribution in [2.45, 2.75) is 13.1 Å². The molecule has 4 aromatic rings. The van der Waals surface area contributed by atoms with Crippen LogP contribution in [0.4, 0.5) is 30.2 Å². The van der Waals surface area contributed by atoms with Gasteiger partial charge in [-0.3, -0.25) is 19.6 Å². The van der Waals surface area contributed by atoms with E-state index in [1.54, 1.807) is 25.5 Å². The summed E-state index contributed by atoms with van der Waals surface area (Å²) >= 11 is 13.5. The van der Waals surface area contributed by atoms with Crippen molar-refractivity contribution in [1.29, 1.82) is 0 Å². The van der Waals surface area contributed by atoms with E-state index in [1.807, 2.05) is 13.0 Å². The first kappa shape index (κ1) is 34.4. The van der Waals surface area contributed by atoms with Gasteiger partial charge in [0.2, 0.25) is 0 Å². The number of alkyl halides is 3. The normalized spacial score (nSPS) is 10.3. The number of nitrogen functional groups attached to an aromatic ring is 1. The molecule has 4 rings (SSSR count). The van der Waals surface area contributed by atoms with Gasteiger partial charge in [0, 0.05) is 60.5 Å². The predicted molar refractivity (Wildman–Crippen MR) is 164 cm³/mol. The van der Waals surface area contributed by atoms with Gasteiger partial charge in [0.15, 0.2) is 0 Å². The number of hydrogen-bond donors (Lipinski definition) is 4. The van der Waals surface area contributed by atoms with Gasteiger partial charge >= 0.3 is 6.18 Å². The highest BCUT2D eigenvalue weighted by Crippen LogP contribution is 2.37. The third-order valence-electron chi connectivity index (χ3n) is 5.07. The number of aromatic nitrogens is 4. The van der Waals surface area contributed by atoms with Crippen LogP contribution in [-0.2, 0) is 6.18 Å². The monoisotopic (exact) mass is 734 g/mol. The van der Waals surface area contributed by atoms with Gasteiger partial charge < -0.3 is 21.7 Å². The maximum Gasteiger partial charge on any atom is 0.419 e. The fourth-order valence-corrected chi connectivity index (χ4v) is 3.86. The number of nitrogens with two attached hydrogens (primary N) is 1. The van der Waals surface area contributed by atoms with E-state index in [4.69, 9.17) is 28.9 Å². The molecule has 4 aromatic heterocycles. The Balaban J connectivity index is 0.000000255. The Labute approximate surface area is 262 Å². The van der Waals surface area contributed by atoms with Crippen LogP contribution < -0.4 is 21.7 Å². The van der Waals surface area contributed by atoms with Crippen molar-refractivity contribution < 1.29 is 22.8 Å². The first-order valence-corrected chi connectivity index (χ1v) is 13.5. The summed E-state index contributed by atoms with van der Waals surface area (Å²) in [5, 5.41) is 7.86. The summed E-state index contributed by atoms with van der Waals surface area (Å²) < 4.78 is 40.1. The summed E-state index contributed by atoms with van der Waals surface area (Å²) in [4.78, 5) is 37.6. The molecule has 42 heavy (non-hydrogen) atoms. The number of anilines is 3. The number of hydrogen-bond acceptors (Lipinski definition) is 8. The van der Waals surface area contributed by atoms with Crippen molar-refractivity contribution in [2.24, 2.45) is 0 Å². The van der Waals surface area contributed by atoms with Gasteiger partial charge in [0.1, 0.15) is 10.3 Å². The Bertz CT molecular complexity index is 1540.